The van der Waals surface area contributed by atoms with Gasteiger partial charge in [0, 0.05) is 19.1 Å². The van der Waals surface area contributed by atoms with Crippen molar-refractivity contribution in [1.82, 2.24) is 9.80 Å². The van der Waals surface area contributed by atoms with Gasteiger partial charge < -0.3 is 9.80 Å². The van der Waals surface area contributed by atoms with E-state index in [1.54, 1.807) is 0 Å². The fourth-order valence-electron chi connectivity index (χ4n) is 3.87. The fraction of sp³-hybridized carbons (Fsp3) is 0.632. The molecule has 1 aromatic rings. The van der Waals surface area contributed by atoms with E-state index in [1.807, 2.05) is 4.90 Å². The molecular weight excluding hydrogens is 329 g/mol. The maximum Gasteiger partial charge on any atom is 0.416 e. The molecule has 0 aromatic heterocycles. The SMILES string of the molecule is O=C(Cc1ccc(C(F)(F)F)cc1)N1CCCC[C@@H]1CN1CCCC1. The van der Waals surface area contributed by atoms with Crippen molar-refractivity contribution in [1.29, 1.82) is 0 Å². The molecule has 2 aliphatic rings. The van der Waals surface area contributed by atoms with Crippen LogP contribution < -0.4 is 0 Å². The average Bonchev–Trinajstić information content (AvgIpc) is 3.08. The van der Waals surface area contributed by atoms with Crippen LogP contribution in [0.15, 0.2) is 24.3 Å². The van der Waals surface area contributed by atoms with Gasteiger partial charge in [-0.2, -0.15) is 13.2 Å². The molecule has 0 spiro atoms. The van der Waals surface area contributed by atoms with Crippen molar-refractivity contribution in [3.63, 3.8) is 0 Å². The Labute approximate surface area is 146 Å². The van der Waals surface area contributed by atoms with Gasteiger partial charge in [-0.3, -0.25) is 4.79 Å². The summed E-state index contributed by atoms with van der Waals surface area (Å²) in [6, 6.07) is 5.19. The molecule has 3 nitrogen and oxygen atoms in total. The van der Waals surface area contributed by atoms with E-state index in [0.29, 0.717) is 5.56 Å². The summed E-state index contributed by atoms with van der Waals surface area (Å²) in [6.45, 7) is 3.91. The zero-order valence-corrected chi connectivity index (χ0v) is 14.4. The highest BCUT2D eigenvalue weighted by Gasteiger charge is 2.31. The van der Waals surface area contributed by atoms with Crippen LogP contribution in [0.1, 0.15) is 43.2 Å². The monoisotopic (exact) mass is 354 g/mol. The van der Waals surface area contributed by atoms with Crippen LogP contribution in [0.5, 0.6) is 0 Å². The number of nitrogens with zero attached hydrogens (tertiary/aromatic N) is 2. The third-order valence-corrected chi connectivity index (χ3v) is 5.25. The second-order valence-electron chi connectivity index (χ2n) is 7.12. The number of hydrogen-bond acceptors (Lipinski definition) is 2. The maximum absolute atomic E-state index is 12.7. The Bertz CT molecular complexity index is 579. The highest BCUT2D eigenvalue weighted by Crippen LogP contribution is 2.29. The molecule has 2 aliphatic heterocycles. The van der Waals surface area contributed by atoms with E-state index in [-0.39, 0.29) is 18.4 Å². The minimum atomic E-state index is -4.34. The zero-order chi connectivity index (χ0) is 17.9. The maximum atomic E-state index is 12.7. The van der Waals surface area contributed by atoms with Crippen LogP contribution in [0.25, 0.3) is 0 Å². The van der Waals surface area contributed by atoms with E-state index in [0.717, 1.165) is 57.6 Å². The highest BCUT2D eigenvalue weighted by atomic mass is 19.4. The second kappa shape index (κ2) is 7.77. The lowest BCUT2D eigenvalue weighted by Gasteiger charge is -2.38. The molecule has 0 unspecified atom stereocenters. The lowest BCUT2D eigenvalue weighted by atomic mass is 10.00. The van der Waals surface area contributed by atoms with Crippen LogP contribution in [0.2, 0.25) is 0 Å². The number of carbonyl (C=O) groups excluding carboxylic acids is 1. The van der Waals surface area contributed by atoms with Gasteiger partial charge in [-0.25, -0.2) is 0 Å². The van der Waals surface area contributed by atoms with Gasteiger partial charge in [0.2, 0.25) is 5.91 Å². The molecule has 0 radical (unpaired) electrons. The molecule has 0 bridgehead atoms. The Morgan fingerprint density at radius 3 is 2.28 bits per heavy atom. The first kappa shape index (κ1) is 18.2. The van der Waals surface area contributed by atoms with Crippen LogP contribution >= 0.6 is 0 Å². The first-order valence-corrected chi connectivity index (χ1v) is 9.11. The van der Waals surface area contributed by atoms with Gasteiger partial charge in [0.1, 0.15) is 0 Å². The summed E-state index contributed by atoms with van der Waals surface area (Å²) in [5, 5.41) is 0. The van der Waals surface area contributed by atoms with Crippen molar-refractivity contribution in [3.8, 4) is 0 Å². The summed E-state index contributed by atoms with van der Waals surface area (Å²) in [5.41, 5.74) is -0.0305. The van der Waals surface area contributed by atoms with E-state index in [4.69, 9.17) is 0 Å². The lowest BCUT2D eigenvalue weighted by Crippen LogP contribution is -2.49. The van der Waals surface area contributed by atoms with Crippen LogP contribution in [0, 0.1) is 0 Å². The molecule has 0 saturated carbocycles. The van der Waals surface area contributed by atoms with E-state index >= 15 is 0 Å². The number of likely N-dealkylation sites (tertiary alicyclic amines) is 2. The number of benzene rings is 1. The van der Waals surface area contributed by atoms with Crippen molar-refractivity contribution >= 4 is 5.91 Å². The number of rotatable bonds is 4. The standard InChI is InChI=1S/C19H25F3N2O/c20-19(21,22)16-8-6-15(7-9-16)13-18(25)24-12-2-1-5-17(24)14-23-10-3-4-11-23/h6-9,17H,1-5,10-14H2/t17-/m1/s1. The number of alkyl halides is 3. The predicted octanol–water partition coefficient (Wildman–Crippen LogP) is 3.72. The molecule has 1 aromatic carbocycles. The molecule has 3 rings (SSSR count). The van der Waals surface area contributed by atoms with E-state index in [9.17, 15) is 18.0 Å². The molecule has 2 fully saturated rings. The number of carbonyl (C=O) groups is 1. The summed E-state index contributed by atoms with van der Waals surface area (Å²) in [7, 11) is 0. The summed E-state index contributed by atoms with van der Waals surface area (Å²) in [6.07, 6.45) is 1.47. The quantitative estimate of drug-likeness (QED) is 0.823. The molecule has 25 heavy (non-hydrogen) atoms. The summed E-state index contributed by atoms with van der Waals surface area (Å²) in [4.78, 5) is 17.1. The van der Waals surface area contributed by atoms with Crippen molar-refractivity contribution in [2.24, 2.45) is 0 Å². The number of halogens is 3. The van der Waals surface area contributed by atoms with Gasteiger partial charge in [0.05, 0.1) is 12.0 Å². The molecule has 2 heterocycles. The van der Waals surface area contributed by atoms with E-state index < -0.39 is 11.7 Å². The Kier molecular flexibility index (Phi) is 5.67. The van der Waals surface area contributed by atoms with Gasteiger partial charge in [0.25, 0.3) is 0 Å². The van der Waals surface area contributed by atoms with Crippen molar-refractivity contribution in [2.45, 2.75) is 50.7 Å². The summed E-state index contributed by atoms with van der Waals surface area (Å²) in [5.74, 6) is 0.0312. The van der Waals surface area contributed by atoms with E-state index in [1.165, 1.54) is 25.0 Å². The smallest absolute Gasteiger partial charge is 0.338 e. The summed E-state index contributed by atoms with van der Waals surface area (Å²) < 4.78 is 37.9. The highest BCUT2D eigenvalue weighted by molar-refractivity contribution is 5.79. The molecule has 2 saturated heterocycles. The predicted molar refractivity (Wildman–Crippen MR) is 90.2 cm³/mol. The molecule has 138 valence electrons. The second-order valence-corrected chi connectivity index (χ2v) is 7.12. The van der Waals surface area contributed by atoms with Gasteiger partial charge >= 0.3 is 6.18 Å². The summed E-state index contributed by atoms with van der Waals surface area (Å²) >= 11 is 0. The molecule has 1 atom stereocenters. The first-order chi connectivity index (χ1) is 11.9. The van der Waals surface area contributed by atoms with Crippen LogP contribution in [0.4, 0.5) is 13.2 Å². The van der Waals surface area contributed by atoms with Crippen LogP contribution in [-0.2, 0) is 17.4 Å². The minimum absolute atomic E-state index is 0.0312. The normalized spacial score (nSPS) is 22.4. The number of hydrogen-bond donors (Lipinski definition) is 0. The van der Waals surface area contributed by atoms with Crippen molar-refractivity contribution < 1.29 is 18.0 Å². The number of piperidine rings is 1. The van der Waals surface area contributed by atoms with Gasteiger partial charge in [-0.05, 0) is 62.9 Å². The number of amides is 1. The third kappa shape index (κ3) is 4.75. The fourth-order valence-corrected chi connectivity index (χ4v) is 3.87. The van der Waals surface area contributed by atoms with Gasteiger partial charge in [0.15, 0.2) is 0 Å². The Morgan fingerprint density at radius 2 is 1.64 bits per heavy atom. The van der Waals surface area contributed by atoms with Crippen LogP contribution in [0.3, 0.4) is 0 Å². The van der Waals surface area contributed by atoms with E-state index in [2.05, 4.69) is 4.90 Å². The molecule has 1 amide bonds. The Morgan fingerprint density at radius 1 is 1.00 bits per heavy atom. The minimum Gasteiger partial charge on any atom is -0.338 e. The molecular formula is C19H25F3N2O. The van der Waals surface area contributed by atoms with Crippen LogP contribution in [-0.4, -0.2) is 47.9 Å². The lowest BCUT2D eigenvalue weighted by molar-refractivity contribution is -0.137. The first-order valence-electron chi connectivity index (χ1n) is 9.11. The third-order valence-electron chi connectivity index (χ3n) is 5.25. The van der Waals surface area contributed by atoms with Gasteiger partial charge in [-0.1, -0.05) is 12.1 Å². The van der Waals surface area contributed by atoms with Crippen molar-refractivity contribution in [2.75, 3.05) is 26.2 Å². The molecule has 6 heteroatoms. The van der Waals surface area contributed by atoms with Gasteiger partial charge in [-0.15, -0.1) is 0 Å². The Balaban J connectivity index is 1.61. The topological polar surface area (TPSA) is 23.6 Å². The largest absolute Gasteiger partial charge is 0.416 e. The zero-order valence-electron chi connectivity index (χ0n) is 14.4. The average molecular weight is 354 g/mol. The molecule has 0 aliphatic carbocycles. The molecule has 0 N–H and O–H groups in total. The van der Waals surface area contributed by atoms with Crippen molar-refractivity contribution in [3.05, 3.63) is 35.4 Å². The Hall–Kier alpha value is -1.56.